The van der Waals surface area contributed by atoms with Crippen molar-refractivity contribution in [1.82, 2.24) is 15.1 Å². The van der Waals surface area contributed by atoms with Crippen LogP contribution >= 0.6 is 0 Å². The number of nitrogens with one attached hydrogen (secondary N) is 1. The van der Waals surface area contributed by atoms with Gasteiger partial charge < -0.3 is 5.32 Å². The third kappa shape index (κ3) is 2.35. The minimum Gasteiger partial charge on any atom is -0.316 e. The molecule has 88 valence electrons. The minimum absolute atomic E-state index is 0.595. The van der Waals surface area contributed by atoms with E-state index in [1.807, 2.05) is 0 Å². The Morgan fingerprint density at radius 3 is 2.73 bits per heavy atom. The van der Waals surface area contributed by atoms with Gasteiger partial charge in [-0.25, -0.2) is 0 Å². The van der Waals surface area contributed by atoms with Crippen LogP contribution in [0.3, 0.4) is 0 Å². The summed E-state index contributed by atoms with van der Waals surface area (Å²) in [7, 11) is 2.06. The van der Waals surface area contributed by atoms with E-state index in [2.05, 4.69) is 36.0 Å². The molecule has 2 rings (SSSR count). The Balaban J connectivity index is 1.89. The fraction of sp³-hybridized carbons (Fsp3) is 1.00. The first-order chi connectivity index (χ1) is 7.22. The molecule has 2 heterocycles. The Morgan fingerprint density at radius 2 is 2.00 bits per heavy atom. The van der Waals surface area contributed by atoms with Gasteiger partial charge in [-0.1, -0.05) is 0 Å². The summed E-state index contributed by atoms with van der Waals surface area (Å²) in [6.07, 6.45) is 2.83. The predicted octanol–water partition coefficient (Wildman–Crippen LogP) is 0.763. The van der Waals surface area contributed by atoms with Crippen molar-refractivity contribution in [1.29, 1.82) is 0 Å². The Bertz CT molecular complexity index is 207. The molecule has 0 aliphatic carbocycles. The second-order valence-corrected chi connectivity index (χ2v) is 5.14. The molecule has 0 aromatic heterocycles. The van der Waals surface area contributed by atoms with Crippen LogP contribution in [0.2, 0.25) is 0 Å². The van der Waals surface area contributed by atoms with Crippen LogP contribution in [-0.4, -0.2) is 61.2 Å². The molecule has 15 heavy (non-hydrogen) atoms. The molecule has 3 heteroatoms. The van der Waals surface area contributed by atoms with E-state index >= 15 is 0 Å². The summed E-state index contributed by atoms with van der Waals surface area (Å²) >= 11 is 0. The Kier molecular flexibility index (Phi) is 3.65. The van der Waals surface area contributed by atoms with E-state index in [0.717, 1.165) is 6.04 Å². The zero-order valence-electron chi connectivity index (χ0n) is 10.4. The molecule has 3 atom stereocenters. The lowest BCUT2D eigenvalue weighted by molar-refractivity contribution is 0.0666. The van der Waals surface area contributed by atoms with Gasteiger partial charge in [0.15, 0.2) is 0 Å². The molecule has 1 N–H and O–H groups in total. The molecule has 0 radical (unpaired) electrons. The van der Waals surface area contributed by atoms with E-state index in [4.69, 9.17) is 0 Å². The predicted molar refractivity (Wildman–Crippen MR) is 64.2 cm³/mol. The van der Waals surface area contributed by atoms with Gasteiger partial charge in [0.05, 0.1) is 0 Å². The maximum Gasteiger partial charge on any atom is 0.0224 e. The average Bonchev–Trinajstić information content (AvgIpc) is 2.73. The molecular formula is C12H25N3. The van der Waals surface area contributed by atoms with Crippen molar-refractivity contribution in [3.05, 3.63) is 0 Å². The lowest BCUT2D eigenvalue weighted by Gasteiger charge is -2.42. The molecule has 0 spiro atoms. The summed E-state index contributed by atoms with van der Waals surface area (Å²) in [6, 6.07) is 2.11. The van der Waals surface area contributed by atoms with Crippen molar-refractivity contribution in [2.24, 2.45) is 0 Å². The number of hydrogen-bond acceptors (Lipinski definition) is 3. The first-order valence-electron chi connectivity index (χ1n) is 6.37. The first kappa shape index (κ1) is 11.4. The van der Waals surface area contributed by atoms with E-state index in [1.165, 1.54) is 39.0 Å². The smallest absolute Gasteiger partial charge is 0.0224 e. The highest BCUT2D eigenvalue weighted by molar-refractivity contribution is 4.90. The van der Waals surface area contributed by atoms with Crippen LogP contribution in [0, 0.1) is 0 Å². The Labute approximate surface area is 93.8 Å². The maximum atomic E-state index is 3.37. The van der Waals surface area contributed by atoms with Crippen molar-refractivity contribution in [2.75, 3.05) is 33.2 Å². The largest absolute Gasteiger partial charge is 0.316 e. The van der Waals surface area contributed by atoms with Crippen molar-refractivity contribution in [3.8, 4) is 0 Å². The van der Waals surface area contributed by atoms with Crippen LogP contribution in [0.1, 0.15) is 26.7 Å². The summed E-state index contributed by atoms with van der Waals surface area (Å²) in [5, 5.41) is 3.37. The highest BCUT2D eigenvalue weighted by Crippen LogP contribution is 2.23. The number of fused-ring (bicyclic) bond motifs is 1. The molecule has 3 unspecified atom stereocenters. The van der Waals surface area contributed by atoms with Crippen molar-refractivity contribution in [3.63, 3.8) is 0 Å². The van der Waals surface area contributed by atoms with Gasteiger partial charge in [0.25, 0.3) is 0 Å². The summed E-state index contributed by atoms with van der Waals surface area (Å²) in [4.78, 5) is 5.33. The average molecular weight is 211 g/mol. The van der Waals surface area contributed by atoms with Gasteiger partial charge in [-0.05, 0) is 40.3 Å². The van der Waals surface area contributed by atoms with E-state index in [0.29, 0.717) is 12.1 Å². The highest BCUT2D eigenvalue weighted by atomic mass is 15.3. The third-order valence-electron chi connectivity index (χ3n) is 4.37. The van der Waals surface area contributed by atoms with Gasteiger partial charge in [-0.3, -0.25) is 9.80 Å². The van der Waals surface area contributed by atoms with Gasteiger partial charge in [0, 0.05) is 37.8 Å². The molecule has 2 saturated heterocycles. The molecule has 0 bridgehead atoms. The van der Waals surface area contributed by atoms with Gasteiger partial charge in [0.1, 0.15) is 0 Å². The van der Waals surface area contributed by atoms with E-state index in [1.54, 1.807) is 0 Å². The van der Waals surface area contributed by atoms with Crippen LogP contribution < -0.4 is 5.32 Å². The molecule has 0 aromatic rings. The number of hydrogen-bond donors (Lipinski definition) is 1. The second kappa shape index (κ2) is 4.81. The normalized spacial score (nSPS) is 32.6. The monoisotopic (exact) mass is 211 g/mol. The van der Waals surface area contributed by atoms with Crippen molar-refractivity contribution >= 4 is 0 Å². The Morgan fingerprint density at radius 1 is 1.20 bits per heavy atom. The zero-order valence-corrected chi connectivity index (χ0v) is 10.4. The summed E-state index contributed by atoms with van der Waals surface area (Å²) in [5.41, 5.74) is 0. The number of nitrogens with zero attached hydrogens (tertiary/aromatic N) is 2. The van der Waals surface area contributed by atoms with E-state index in [-0.39, 0.29) is 0 Å². The Hall–Kier alpha value is -0.120. The van der Waals surface area contributed by atoms with Crippen molar-refractivity contribution in [2.45, 2.75) is 44.8 Å². The lowest BCUT2D eigenvalue weighted by Crippen LogP contribution is -2.56. The number of piperazine rings is 1. The van der Waals surface area contributed by atoms with Crippen LogP contribution in [0.4, 0.5) is 0 Å². The minimum atomic E-state index is 0.595. The van der Waals surface area contributed by atoms with Crippen LogP contribution in [0.25, 0.3) is 0 Å². The third-order valence-corrected chi connectivity index (χ3v) is 4.37. The van der Waals surface area contributed by atoms with Gasteiger partial charge in [-0.2, -0.15) is 0 Å². The fourth-order valence-corrected chi connectivity index (χ4v) is 2.94. The lowest BCUT2D eigenvalue weighted by atomic mass is 10.1. The SMILES string of the molecule is CNC(C)C(C)N1CCN2CCCC2C1. The zero-order chi connectivity index (χ0) is 10.8. The molecule has 2 aliphatic rings. The molecule has 2 fully saturated rings. The standard InChI is InChI=1S/C12H25N3/c1-10(13-3)11(2)15-8-7-14-6-4-5-12(14)9-15/h10-13H,4-9H2,1-3H3. The molecule has 0 aromatic carbocycles. The molecular weight excluding hydrogens is 186 g/mol. The molecule has 2 aliphatic heterocycles. The van der Waals surface area contributed by atoms with Gasteiger partial charge in [0.2, 0.25) is 0 Å². The molecule has 3 nitrogen and oxygen atoms in total. The van der Waals surface area contributed by atoms with E-state index < -0.39 is 0 Å². The first-order valence-corrected chi connectivity index (χ1v) is 6.37. The number of likely N-dealkylation sites (N-methyl/N-ethyl adjacent to an activating group) is 1. The summed E-state index contributed by atoms with van der Waals surface area (Å²) in [6.45, 7) is 9.80. The maximum absolute atomic E-state index is 3.37. The molecule has 0 amide bonds. The van der Waals surface area contributed by atoms with Gasteiger partial charge in [-0.15, -0.1) is 0 Å². The number of rotatable bonds is 3. The van der Waals surface area contributed by atoms with Crippen molar-refractivity contribution < 1.29 is 0 Å². The summed E-state index contributed by atoms with van der Waals surface area (Å²) in [5.74, 6) is 0. The van der Waals surface area contributed by atoms with Crippen LogP contribution in [-0.2, 0) is 0 Å². The van der Waals surface area contributed by atoms with Crippen LogP contribution in [0.15, 0.2) is 0 Å². The van der Waals surface area contributed by atoms with Crippen LogP contribution in [0.5, 0.6) is 0 Å². The quantitative estimate of drug-likeness (QED) is 0.743. The van der Waals surface area contributed by atoms with E-state index in [9.17, 15) is 0 Å². The van der Waals surface area contributed by atoms with Gasteiger partial charge >= 0.3 is 0 Å². The topological polar surface area (TPSA) is 18.5 Å². The highest BCUT2D eigenvalue weighted by Gasteiger charge is 2.33. The summed E-state index contributed by atoms with van der Waals surface area (Å²) < 4.78 is 0. The second-order valence-electron chi connectivity index (χ2n) is 5.14. The fourth-order valence-electron chi connectivity index (χ4n) is 2.94. The molecule has 0 saturated carbocycles.